The molecule has 6 nitrogen and oxygen atoms in total. The molecule has 0 radical (unpaired) electrons. The number of benzene rings is 1. The Hall–Kier alpha value is -2.02. The lowest BCUT2D eigenvalue weighted by Crippen LogP contribution is -1.98. The van der Waals surface area contributed by atoms with Crippen molar-refractivity contribution in [3.8, 4) is 0 Å². The van der Waals surface area contributed by atoms with E-state index in [0.717, 1.165) is 0 Å². The lowest BCUT2D eigenvalue weighted by Gasteiger charge is -2.05. The Labute approximate surface area is 108 Å². The van der Waals surface area contributed by atoms with Gasteiger partial charge < -0.3 is 9.73 Å². The predicted octanol–water partition coefficient (Wildman–Crippen LogP) is 3.17. The van der Waals surface area contributed by atoms with E-state index in [0.29, 0.717) is 22.4 Å². The molecule has 0 saturated heterocycles. The molecule has 0 fully saturated rings. The summed E-state index contributed by atoms with van der Waals surface area (Å²) in [6.07, 6.45) is 3.00. The van der Waals surface area contributed by atoms with Gasteiger partial charge >= 0.3 is 0 Å². The van der Waals surface area contributed by atoms with Gasteiger partial charge in [-0.25, -0.2) is 4.98 Å². The van der Waals surface area contributed by atoms with Crippen molar-refractivity contribution in [2.75, 3.05) is 11.9 Å². The minimum atomic E-state index is -0.416. The zero-order chi connectivity index (χ0) is 13.0. The molecule has 0 unspecified atom stereocenters. The summed E-state index contributed by atoms with van der Waals surface area (Å²) in [5.41, 5.74) is 0.753. The predicted molar refractivity (Wildman–Crippen MR) is 67.9 cm³/mol. The topological polar surface area (TPSA) is 81.2 Å². The van der Waals surface area contributed by atoms with Gasteiger partial charge in [0.2, 0.25) is 0 Å². The second kappa shape index (κ2) is 5.54. The fraction of sp³-hybridized carbons (Fsp3) is 0.182. The first-order valence-corrected chi connectivity index (χ1v) is 6.11. The Morgan fingerprint density at radius 1 is 1.50 bits per heavy atom. The van der Waals surface area contributed by atoms with Crippen molar-refractivity contribution in [3.05, 3.63) is 40.8 Å². The normalized spacial score (nSPS) is 10.3. The van der Waals surface area contributed by atoms with E-state index < -0.39 is 4.92 Å². The summed E-state index contributed by atoms with van der Waals surface area (Å²) < 4.78 is 5.10. The Morgan fingerprint density at radius 3 is 2.94 bits per heavy atom. The molecule has 1 aromatic heterocycles. The molecular weight excluding hydrogens is 254 g/mol. The van der Waals surface area contributed by atoms with Crippen LogP contribution in [0, 0.1) is 10.1 Å². The van der Waals surface area contributed by atoms with E-state index in [1.54, 1.807) is 0 Å². The molecule has 1 heterocycles. The highest BCUT2D eigenvalue weighted by atomic mass is 32.2. The van der Waals surface area contributed by atoms with Crippen LogP contribution in [0.1, 0.15) is 6.92 Å². The highest BCUT2D eigenvalue weighted by molar-refractivity contribution is 7.99. The Kier molecular flexibility index (Phi) is 3.83. The van der Waals surface area contributed by atoms with Crippen LogP contribution >= 0.6 is 11.8 Å². The number of aromatic nitrogens is 1. The van der Waals surface area contributed by atoms with Crippen molar-refractivity contribution < 1.29 is 9.34 Å². The fourth-order valence-electron chi connectivity index (χ4n) is 1.42. The van der Waals surface area contributed by atoms with Crippen molar-refractivity contribution in [3.63, 3.8) is 0 Å². The number of hydrogen-bond acceptors (Lipinski definition) is 6. The lowest BCUT2D eigenvalue weighted by molar-refractivity contribution is -0.385. The first-order chi connectivity index (χ1) is 8.69. The van der Waals surface area contributed by atoms with Crippen molar-refractivity contribution in [1.82, 2.24) is 4.98 Å². The monoisotopic (exact) mass is 265 g/mol. The summed E-state index contributed by atoms with van der Waals surface area (Å²) in [5.74, 6) is 0. The first-order valence-electron chi connectivity index (χ1n) is 5.29. The van der Waals surface area contributed by atoms with Crippen LogP contribution in [0.4, 0.5) is 11.4 Å². The number of nitrogens with zero attached hydrogens (tertiary/aromatic N) is 2. The van der Waals surface area contributed by atoms with Crippen LogP contribution in [0.15, 0.2) is 45.2 Å². The highest BCUT2D eigenvalue weighted by Gasteiger charge is 2.11. The third kappa shape index (κ3) is 3.01. The van der Waals surface area contributed by atoms with Crippen LogP contribution in [0.5, 0.6) is 0 Å². The third-order valence-electron chi connectivity index (χ3n) is 2.10. The summed E-state index contributed by atoms with van der Waals surface area (Å²) in [6.45, 7) is 2.63. The maximum absolute atomic E-state index is 10.8. The van der Waals surface area contributed by atoms with Crippen LogP contribution < -0.4 is 5.32 Å². The van der Waals surface area contributed by atoms with Gasteiger partial charge in [0, 0.05) is 29.3 Å². The lowest BCUT2D eigenvalue weighted by atomic mass is 10.3. The largest absolute Gasteiger partial charge is 0.440 e. The Morgan fingerprint density at radius 2 is 2.33 bits per heavy atom. The number of nitro groups is 1. The van der Waals surface area contributed by atoms with Gasteiger partial charge in [-0.15, -0.1) is 0 Å². The van der Waals surface area contributed by atoms with Gasteiger partial charge in [0.05, 0.1) is 11.1 Å². The van der Waals surface area contributed by atoms with Gasteiger partial charge in [0.25, 0.3) is 10.9 Å². The molecule has 0 saturated carbocycles. The summed E-state index contributed by atoms with van der Waals surface area (Å²) in [5, 5.41) is 14.4. The number of oxazole rings is 1. The van der Waals surface area contributed by atoms with E-state index in [4.69, 9.17) is 4.42 Å². The van der Waals surface area contributed by atoms with Crippen molar-refractivity contribution >= 4 is 23.1 Å². The number of nitrogens with one attached hydrogen (secondary N) is 1. The van der Waals surface area contributed by atoms with Gasteiger partial charge in [-0.2, -0.15) is 0 Å². The minimum Gasteiger partial charge on any atom is -0.440 e. The smallest absolute Gasteiger partial charge is 0.272 e. The SMILES string of the molecule is CCNc1cc(Sc2ncco2)cc([N+](=O)[O-])c1. The number of non-ortho nitro benzene ring substituents is 1. The molecule has 0 atom stereocenters. The van der Waals surface area contributed by atoms with Gasteiger partial charge in [-0.1, -0.05) is 0 Å². The van der Waals surface area contributed by atoms with Crippen LogP contribution in [0.3, 0.4) is 0 Å². The molecule has 1 aromatic carbocycles. The second-order valence-electron chi connectivity index (χ2n) is 3.40. The average molecular weight is 265 g/mol. The third-order valence-corrected chi connectivity index (χ3v) is 2.95. The summed E-state index contributed by atoms with van der Waals surface area (Å²) in [6, 6.07) is 4.82. The van der Waals surface area contributed by atoms with Gasteiger partial charge in [0.1, 0.15) is 6.26 Å². The van der Waals surface area contributed by atoms with Crippen LogP contribution in [0.2, 0.25) is 0 Å². The van der Waals surface area contributed by atoms with Crippen molar-refractivity contribution in [2.24, 2.45) is 0 Å². The van der Waals surface area contributed by atoms with Crippen LogP contribution in [-0.4, -0.2) is 16.5 Å². The highest BCUT2D eigenvalue weighted by Crippen LogP contribution is 2.31. The van der Waals surface area contributed by atoms with Crippen LogP contribution in [-0.2, 0) is 0 Å². The number of anilines is 1. The molecule has 94 valence electrons. The van der Waals surface area contributed by atoms with Gasteiger partial charge in [-0.3, -0.25) is 10.1 Å². The van der Waals surface area contributed by atoms with E-state index in [-0.39, 0.29) is 5.69 Å². The maximum atomic E-state index is 10.8. The molecule has 0 aliphatic carbocycles. The van der Waals surface area contributed by atoms with Crippen LogP contribution in [0.25, 0.3) is 0 Å². The summed E-state index contributed by atoms with van der Waals surface area (Å²) in [7, 11) is 0. The molecule has 0 aliphatic heterocycles. The number of hydrogen-bond donors (Lipinski definition) is 1. The van der Waals surface area contributed by atoms with E-state index in [9.17, 15) is 10.1 Å². The molecule has 2 rings (SSSR count). The zero-order valence-electron chi connectivity index (χ0n) is 9.62. The zero-order valence-corrected chi connectivity index (χ0v) is 10.4. The summed E-state index contributed by atoms with van der Waals surface area (Å²) in [4.78, 5) is 15.1. The Balaban J connectivity index is 2.30. The average Bonchev–Trinajstić information content (AvgIpc) is 2.82. The molecular formula is C11H11N3O3S. The van der Waals surface area contributed by atoms with E-state index >= 15 is 0 Å². The quantitative estimate of drug-likeness (QED) is 0.660. The van der Waals surface area contributed by atoms with Crippen molar-refractivity contribution in [1.29, 1.82) is 0 Å². The van der Waals surface area contributed by atoms with Crippen molar-refractivity contribution in [2.45, 2.75) is 17.0 Å². The maximum Gasteiger partial charge on any atom is 0.272 e. The molecule has 0 amide bonds. The molecule has 1 N–H and O–H groups in total. The minimum absolute atomic E-state index is 0.0440. The number of nitro benzene ring substituents is 1. The van der Waals surface area contributed by atoms with Gasteiger partial charge in [0.15, 0.2) is 0 Å². The molecule has 7 heteroatoms. The first kappa shape index (κ1) is 12.4. The molecule has 18 heavy (non-hydrogen) atoms. The summed E-state index contributed by atoms with van der Waals surface area (Å²) >= 11 is 1.24. The number of rotatable bonds is 5. The second-order valence-corrected chi connectivity index (χ2v) is 4.43. The Bertz CT molecular complexity index is 542. The van der Waals surface area contributed by atoms with Gasteiger partial charge in [-0.05, 0) is 24.8 Å². The molecule has 0 aliphatic rings. The fourth-order valence-corrected chi connectivity index (χ4v) is 2.20. The van der Waals surface area contributed by atoms with E-state index in [2.05, 4.69) is 10.3 Å². The van der Waals surface area contributed by atoms with E-state index in [1.807, 2.05) is 13.0 Å². The standard InChI is InChI=1S/C11H11N3O3S/c1-2-12-8-5-9(14(15)16)7-10(6-8)18-11-13-3-4-17-11/h3-7,12H,2H2,1H3. The van der Waals surface area contributed by atoms with E-state index in [1.165, 1.54) is 36.4 Å². The molecule has 2 aromatic rings. The molecule has 0 spiro atoms. The molecule has 0 bridgehead atoms.